The van der Waals surface area contributed by atoms with Gasteiger partial charge in [-0.1, -0.05) is 66.7 Å². The molecular formula is C30H32N4O4. The fourth-order valence-corrected chi connectivity index (χ4v) is 4.29. The van der Waals surface area contributed by atoms with Gasteiger partial charge in [-0.15, -0.1) is 0 Å². The molecule has 1 aromatic heterocycles. The minimum absolute atomic E-state index is 0.185. The van der Waals surface area contributed by atoms with Crippen LogP contribution in [0.5, 0.6) is 11.5 Å². The number of ether oxygens (including phenoxy) is 3. The molecule has 0 aliphatic carbocycles. The van der Waals surface area contributed by atoms with E-state index < -0.39 is 5.60 Å². The van der Waals surface area contributed by atoms with Crippen LogP contribution in [0.4, 0.5) is 5.82 Å². The van der Waals surface area contributed by atoms with Crippen LogP contribution >= 0.6 is 0 Å². The molecule has 4 aromatic rings. The van der Waals surface area contributed by atoms with Crippen LogP contribution in [0.15, 0.2) is 78.9 Å². The number of rotatable bonds is 10. The maximum Gasteiger partial charge on any atom is 0.272 e. The van der Waals surface area contributed by atoms with Crippen molar-refractivity contribution >= 4 is 11.7 Å². The van der Waals surface area contributed by atoms with Crippen molar-refractivity contribution in [2.45, 2.75) is 39.2 Å². The molecular weight excluding hydrogens is 480 g/mol. The van der Waals surface area contributed by atoms with Crippen LogP contribution in [0.1, 0.15) is 46.9 Å². The number of imidazole rings is 1. The molecule has 0 spiro atoms. The SMILES string of the molecule is COc1ccc(CN2CNC(=O)c3[nH]c(C(C)(C)OCc4ccccc4)nc32)cc1OCc1ccccc1. The molecule has 1 aliphatic heterocycles. The molecule has 38 heavy (non-hydrogen) atoms. The number of anilines is 1. The van der Waals surface area contributed by atoms with Crippen molar-refractivity contribution in [1.29, 1.82) is 0 Å². The summed E-state index contributed by atoms with van der Waals surface area (Å²) in [5.74, 6) is 2.34. The molecule has 0 unspecified atom stereocenters. The predicted octanol–water partition coefficient (Wildman–Crippen LogP) is 5.16. The summed E-state index contributed by atoms with van der Waals surface area (Å²) in [5.41, 5.74) is 2.85. The van der Waals surface area contributed by atoms with E-state index in [0.29, 0.717) is 55.3 Å². The van der Waals surface area contributed by atoms with E-state index in [2.05, 4.69) is 10.3 Å². The summed E-state index contributed by atoms with van der Waals surface area (Å²) in [5, 5.41) is 2.93. The maximum atomic E-state index is 12.7. The Bertz CT molecular complexity index is 1390. The lowest BCUT2D eigenvalue weighted by atomic mass is 10.1. The monoisotopic (exact) mass is 512 g/mol. The Labute approximate surface area is 222 Å². The first-order valence-electron chi connectivity index (χ1n) is 12.6. The van der Waals surface area contributed by atoms with E-state index in [1.54, 1.807) is 7.11 Å². The fourth-order valence-electron chi connectivity index (χ4n) is 4.29. The molecule has 0 atom stereocenters. The summed E-state index contributed by atoms with van der Waals surface area (Å²) >= 11 is 0. The number of nitrogens with zero attached hydrogens (tertiary/aromatic N) is 2. The van der Waals surface area contributed by atoms with Gasteiger partial charge in [-0.2, -0.15) is 0 Å². The van der Waals surface area contributed by atoms with Gasteiger partial charge in [0.05, 0.1) is 20.4 Å². The van der Waals surface area contributed by atoms with Gasteiger partial charge < -0.3 is 29.4 Å². The minimum atomic E-state index is -0.725. The second-order valence-corrected chi connectivity index (χ2v) is 9.69. The Morgan fingerprint density at radius 3 is 2.26 bits per heavy atom. The molecule has 0 saturated heterocycles. The Kier molecular flexibility index (Phi) is 7.33. The van der Waals surface area contributed by atoms with E-state index in [1.165, 1.54) is 0 Å². The van der Waals surface area contributed by atoms with Crippen LogP contribution in [0.25, 0.3) is 0 Å². The smallest absolute Gasteiger partial charge is 0.272 e. The maximum absolute atomic E-state index is 12.7. The van der Waals surface area contributed by atoms with Gasteiger partial charge in [-0.3, -0.25) is 4.79 Å². The lowest BCUT2D eigenvalue weighted by molar-refractivity contribution is -0.0394. The molecule has 0 saturated carbocycles. The molecule has 8 heteroatoms. The highest BCUT2D eigenvalue weighted by molar-refractivity contribution is 5.99. The second kappa shape index (κ2) is 11.0. The summed E-state index contributed by atoms with van der Waals surface area (Å²) in [6.45, 7) is 5.63. The second-order valence-electron chi connectivity index (χ2n) is 9.69. The number of carbonyl (C=O) groups excluding carboxylic acids is 1. The van der Waals surface area contributed by atoms with Crippen LogP contribution in [0.3, 0.4) is 0 Å². The Morgan fingerprint density at radius 1 is 0.895 bits per heavy atom. The van der Waals surface area contributed by atoms with E-state index >= 15 is 0 Å². The van der Waals surface area contributed by atoms with Crippen LogP contribution in [-0.4, -0.2) is 29.7 Å². The molecule has 2 N–H and O–H groups in total. The van der Waals surface area contributed by atoms with Crippen molar-refractivity contribution < 1.29 is 19.0 Å². The molecule has 1 aliphatic rings. The highest BCUT2D eigenvalue weighted by atomic mass is 16.5. The number of hydrogen-bond acceptors (Lipinski definition) is 6. The normalized spacial score (nSPS) is 13.1. The zero-order valence-electron chi connectivity index (χ0n) is 21.9. The van der Waals surface area contributed by atoms with Crippen LogP contribution in [-0.2, 0) is 30.1 Å². The third kappa shape index (κ3) is 5.65. The molecule has 0 bridgehead atoms. The molecule has 2 heterocycles. The molecule has 0 fully saturated rings. The van der Waals surface area contributed by atoms with E-state index in [4.69, 9.17) is 19.2 Å². The number of aromatic nitrogens is 2. The quantitative estimate of drug-likeness (QED) is 0.305. The number of nitrogens with one attached hydrogen (secondary N) is 2. The van der Waals surface area contributed by atoms with E-state index in [-0.39, 0.29) is 5.91 Å². The van der Waals surface area contributed by atoms with Crippen molar-refractivity contribution in [3.63, 3.8) is 0 Å². The number of benzene rings is 3. The van der Waals surface area contributed by atoms with Gasteiger partial charge in [0.15, 0.2) is 17.3 Å². The van der Waals surface area contributed by atoms with Crippen LogP contribution in [0, 0.1) is 0 Å². The van der Waals surface area contributed by atoms with Crippen molar-refractivity contribution in [1.82, 2.24) is 15.3 Å². The van der Waals surface area contributed by atoms with Gasteiger partial charge in [0, 0.05) is 6.54 Å². The van der Waals surface area contributed by atoms with Crippen molar-refractivity contribution in [3.05, 3.63) is 107 Å². The molecule has 196 valence electrons. The Hall–Kier alpha value is -4.30. The lowest BCUT2D eigenvalue weighted by Gasteiger charge is -2.28. The van der Waals surface area contributed by atoms with Gasteiger partial charge in [0.2, 0.25) is 0 Å². The zero-order valence-corrected chi connectivity index (χ0v) is 21.9. The lowest BCUT2D eigenvalue weighted by Crippen LogP contribution is -2.43. The first kappa shape index (κ1) is 25.4. The standard InChI is InChI=1S/C30H32N4O4/c1-30(2,38-19-22-12-8-5-9-13-22)29-32-26-27(33-29)34(20-31-28(26)35)17-23-14-15-24(36-3)25(16-23)37-18-21-10-6-4-7-11-21/h4-16H,17-20H2,1-3H3,(H,31,35)(H,32,33). The van der Waals surface area contributed by atoms with Crippen LogP contribution < -0.4 is 19.7 Å². The molecule has 0 radical (unpaired) electrons. The number of H-pyrrole nitrogens is 1. The average molecular weight is 513 g/mol. The molecule has 1 amide bonds. The Morgan fingerprint density at radius 2 is 1.58 bits per heavy atom. The summed E-state index contributed by atoms with van der Waals surface area (Å²) in [6, 6.07) is 25.8. The summed E-state index contributed by atoms with van der Waals surface area (Å²) in [4.78, 5) is 22.7. The molecule has 3 aromatic carbocycles. The number of methoxy groups -OCH3 is 1. The van der Waals surface area contributed by atoms with Gasteiger partial charge in [-0.25, -0.2) is 4.98 Å². The predicted molar refractivity (Wildman–Crippen MR) is 145 cm³/mol. The van der Waals surface area contributed by atoms with Crippen molar-refractivity contribution in [3.8, 4) is 11.5 Å². The topological polar surface area (TPSA) is 88.7 Å². The molecule has 8 nitrogen and oxygen atoms in total. The van der Waals surface area contributed by atoms with E-state index in [9.17, 15) is 4.79 Å². The van der Waals surface area contributed by atoms with Crippen LogP contribution in [0.2, 0.25) is 0 Å². The number of amides is 1. The number of carbonyl (C=O) groups is 1. The van der Waals surface area contributed by atoms with E-state index in [0.717, 1.165) is 16.7 Å². The first-order valence-corrected chi connectivity index (χ1v) is 12.6. The largest absolute Gasteiger partial charge is 0.493 e. The number of fused-ring (bicyclic) bond motifs is 1. The zero-order chi connectivity index (χ0) is 26.5. The third-order valence-electron chi connectivity index (χ3n) is 6.49. The first-order chi connectivity index (χ1) is 18.4. The summed E-state index contributed by atoms with van der Waals surface area (Å²) in [7, 11) is 1.63. The Balaban J connectivity index is 1.34. The highest BCUT2D eigenvalue weighted by Crippen LogP contribution is 2.33. The summed E-state index contributed by atoms with van der Waals surface area (Å²) < 4.78 is 17.8. The fraction of sp³-hybridized carbons (Fsp3) is 0.267. The minimum Gasteiger partial charge on any atom is -0.493 e. The van der Waals surface area contributed by atoms with Crippen molar-refractivity contribution in [2.24, 2.45) is 0 Å². The third-order valence-corrected chi connectivity index (χ3v) is 6.49. The van der Waals surface area contributed by atoms with Gasteiger partial charge >= 0.3 is 0 Å². The number of hydrogen-bond donors (Lipinski definition) is 2. The number of aromatic amines is 1. The average Bonchev–Trinajstić information content (AvgIpc) is 3.42. The van der Waals surface area contributed by atoms with E-state index in [1.807, 2.05) is 97.6 Å². The summed E-state index contributed by atoms with van der Waals surface area (Å²) in [6.07, 6.45) is 0. The van der Waals surface area contributed by atoms with Gasteiger partial charge in [0.1, 0.15) is 23.7 Å². The highest BCUT2D eigenvalue weighted by Gasteiger charge is 2.33. The van der Waals surface area contributed by atoms with Gasteiger partial charge in [-0.05, 0) is 42.7 Å². The van der Waals surface area contributed by atoms with Crippen molar-refractivity contribution in [2.75, 3.05) is 18.7 Å². The molecule has 5 rings (SSSR count). The van der Waals surface area contributed by atoms with Gasteiger partial charge in [0.25, 0.3) is 5.91 Å².